The smallest absolute Gasteiger partial charge is 0.337 e. The second-order valence-corrected chi connectivity index (χ2v) is 9.58. The zero-order valence-electron chi connectivity index (χ0n) is 19.5. The molecule has 0 aliphatic carbocycles. The van der Waals surface area contributed by atoms with Gasteiger partial charge in [0.2, 0.25) is 0 Å². The molecular formula is C27H22Cl2N2O4S. The third-order valence-corrected chi connectivity index (χ3v) is 6.71. The van der Waals surface area contributed by atoms with Crippen molar-refractivity contribution in [1.82, 2.24) is 4.90 Å². The molecule has 0 saturated carbocycles. The number of hydrogen-bond acceptors (Lipinski definition) is 6. The van der Waals surface area contributed by atoms with Crippen molar-refractivity contribution in [2.24, 2.45) is 4.99 Å². The van der Waals surface area contributed by atoms with Crippen LogP contribution < -0.4 is 4.74 Å². The average Bonchev–Trinajstić information content (AvgIpc) is 3.16. The number of thioether (sulfide) groups is 1. The first-order valence-corrected chi connectivity index (χ1v) is 12.6. The molecule has 3 aromatic carbocycles. The van der Waals surface area contributed by atoms with Crippen LogP contribution in [0.4, 0.5) is 5.69 Å². The SMILES string of the molecule is CCN1C(=O)C(=Cc2cc(Cl)ccc2OCc2cccc(Cl)c2)SC1=Nc1cccc(C(=O)OC)c1. The fraction of sp³-hybridized carbons (Fsp3) is 0.148. The van der Waals surface area contributed by atoms with E-state index in [9.17, 15) is 9.59 Å². The van der Waals surface area contributed by atoms with E-state index in [-0.39, 0.29) is 5.91 Å². The zero-order valence-corrected chi connectivity index (χ0v) is 21.9. The molecule has 0 atom stereocenters. The second-order valence-electron chi connectivity index (χ2n) is 7.70. The molecular weight excluding hydrogens is 519 g/mol. The maximum absolute atomic E-state index is 13.2. The Morgan fingerprint density at radius 2 is 1.83 bits per heavy atom. The number of esters is 1. The molecule has 184 valence electrons. The minimum absolute atomic E-state index is 0.175. The summed E-state index contributed by atoms with van der Waals surface area (Å²) in [6.07, 6.45) is 1.75. The first-order valence-electron chi connectivity index (χ1n) is 11.0. The summed E-state index contributed by atoms with van der Waals surface area (Å²) in [6.45, 7) is 2.62. The third-order valence-electron chi connectivity index (χ3n) is 5.24. The Balaban J connectivity index is 1.62. The minimum Gasteiger partial charge on any atom is -0.488 e. The van der Waals surface area contributed by atoms with Crippen molar-refractivity contribution in [3.05, 3.63) is 98.4 Å². The Morgan fingerprint density at radius 3 is 2.58 bits per heavy atom. The van der Waals surface area contributed by atoms with Gasteiger partial charge in [-0.1, -0.05) is 41.4 Å². The van der Waals surface area contributed by atoms with E-state index in [2.05, 4.69) is 4.99 Å². The number of carbonyl (C=O) groups is 2. The Morgan fingerprint density at radius 1 is 1.06 bits per heavy atom. The highest BCUT2D eigenvalue weighted by Gasteiger charge is 2.32. The quantitative estimate of drug-likeness (QED) is 0.238. The van der Waals surface area contributed by atoms with Gasteiger partial charge in [0.1, 0.15) is 12.4 Å². The molecule has 0 spiro atoms. The van der Waals surface area contributed by atoms with Gasteiger partial charge in [0.05, 0.1) is 23.3 Å². The lowest BCUT2D eigenvalue weighted by molar-refractivity contribution is -0.122. The number of nitrogens with zero attached hydrogens (tertiary/aromatic N) is 2. The molecule has 4 rings (SSSR count). The predicted octanol–water partition coefficient (Wildman–Crippen LogP) is 6.98. The number of benzene rings is 3. The number of likely N-dealkylation sites (N-methyl/N-ethyl adjacent to an activating group) is 1. The van der Waals surface area contributed by atoms with Gasteiger partial charge in [-0.25, -0.2) is 9.79 Å². The summed E-state index contributed by atoms with van der Waals surface area (Å²) < 4.78 is 10.8. The van der Waals surface area contributed by atoms with Crippen LogP contribution in [0.25, 0.3) is 6.08 Å². The van der Waals surface area contributed by atoms with Crippen LogP contribution in [0, 0.1) is 0 Å². The van der Waals surface area contributed by atoms with Crippen molar-refractivity contribution in [2.45, 2.75) is 13.5 Å². The van der Waals surface area contributed by atoms with Gasteiger partial charge < -0.3 is 9.47 Å². The molecule has 1 amide bonds. The number of amidine groups is 1. The summed E-state index contributed by atoms with van der Waals surface area (Å²) in [6, 6.07) is 19.4. The van der Waals surface area contributed by atoms with E-state index in [1.807, 2.05) is 25.1 Å². The summed E-state index contributed by atoms with van der Waals surface area (Å²) in [4.78, 5) is 31.7. The van der Waals surface area contributed by atoms with E-state index < -0.39 is 5.97 Å². The third kappa shape index (κ3) is 6.10. The molecule has 1 heterocycles. The van der Waals surface area contributed by atoms with Crippen LogP contribution in [-0.2, 0) is 16.1 Å². The normalized spacial score (nSPS) is 15.6. The topological polar surface area (TPSA) is 68.2 Å². The van der Waals surface area contributed by atoms with Crippen molar-refractivity contribution in [1.29, 1.82) is 0 Å². The van der Waals surface area contributed by atoms with Crippen LogP contribution in [0.2, 0.25) is 10.0 Å². The summed E-state index contributed by atoms with van der Waals surface area (Å²) in [5.41, 5.74) is 2.52. The number of amides is 1. The Kier molecular flexibility index (Phi) is 8.36. The number of aliphatic imine (C=N–C) groups is 1. The van der Waals surface area contributed by atoms with Crippen LogP contribution in [0.15, 0.2) is 76.6 Å². The van der Waals surface area contributed by atoms with Gasteiger partial charge in [-0.3, -0.25) is 9.69 Å². The van der Waals surface area contributed by atoms with E-state index in [1.165, 1.54) is 18.9 Å². The highest BCUT2D eigenvalue weighted by Crippen LogP contribution is 2.36. The first-order chi connectivity index (χ1) is 17.4. The lowest BCUT2D eigenvalue weighted by Gasteiger charge is -2.12. The van der Waals surface area contributed by atoms with Crippen molar-refractivity contribution in [3.63, 3.8) is 0 Å². The van der Waals surface area contributed by atoms with Gasteiger partial charge in [-0.2, -0.15) is 0 Å². The largest absolute Gasteiger partial charge is 0.488 e. The molecule has 0 radical (unpaired) electrons. The first kappa shape index (κ1) is 25.8. The molecule has 1 aliphatic rings. The molecule has 0 aromatic heterocycles. The van der Waals surface area contributed by atoms with Gasteiger partial charge in [-0.05, 0) is 78.9 Å². The van der Waals surface area contributed by atoms with E-state index in [0.717, 1.165) is 5.56 Å². The monoisotopic (exact) mass is 540 g/mol. The number of halogens is 2. The molecule has 36 heavy (non-hydrogen) atoms. The molecule has 1 aliphatic heterocycles. The summed E-state index contributed by atoms with van der Waals surface area (Å²) >= 11 is 13.6. The van der Waals surface area contributed by atoms with Crippen LogP contribution in [-0.4, -0.2) is 35.6 Å². The van der Waals surface area contributed by atoms with Crippen molar-refractivity contribution < 1.29 is 19.1 Å². The average molecular weight is 541 g/mol. The summed E-state index contributed by atoms with van der Waals surface area (Å²) in [7, 11) is 1.32. The van der Waals surface area contributed by atoms with Gasteiger partial charge in [0.15, 0.2) is 5.17 Å². The number of ether oxygens (including phenoxy) is 2. The minimum atomic E-state index is -0.452. The van der Waals surface area contributed by atoms with E-state index in [0.29, 0.717) is 55.8 Å². The van der Waals surface area contributed by atoms with Gasteiger partial charge in [0, 0.05) is 22.2 Å². The Bertz CT molecular complexity index is 1370. The van der Waals surface area contributed by atoms with Crippen LogP contribution >= 0.6 is 35.0 Å². The van der Waals surface area contributed by atoms with Crippen molar-refractivity contribution in [2.75, 3.05) is 13.7 Å². The number of carbonyl (C=O) groups excluding carboxylic acids is 2. The zero-order chi connectivity index (χ0) is 25.7. The standard InChI is InChI=1S/C27H22Cl2N2O4S/c1-3-31-25(32)24(36-27(31)30-22-9-5-7-18(14-22)26(33)34-2)15-19-13-21(29)10-11-23(19)35-16-17-6-4-8-20(28)12-17/h4-15H,3,16H2,1-2H3. The van der Waals surface area contributed by atoms with Crippen molar-refractivity contribution in [3.8, 4) is 5.75 Å². The molecule has 0 unspecified atom stereocenters. The number of hydrogen-bond donors (Lipinski definition) is 0. The van der Waals surface area contributed by atoms with Crippen molar-refractivity contribution >= 4 is 63.8 Å². The molecule has 0 N–H and O–H groups in total. The van der Waals surface area contributed by atoms with Gasteiger partial charge in [0.25, 0.3) is 5.91 Å². The number of rotatable bonds is 7. The van der Waals surface area contributed by atoms with Crippen LogP contribution in [0.3, 0.4) is 0 Å². The fourth-order valence-corrected chi connectivity index (χ4v) is 4.94. The van der Waals surface area contributed by atoms with E-state index >= 15 is 0 Å². The summed E-state index contributed by atoms with van der Waals surface area (Å²) in [5.74, 6) is -0.0444. The van der Waals surface area contributed by atoms with Crippen LogP contribution in [0.5, 0.6) is 5.75 Å². The molecule has 0 bridgehead atoms. The molecule has 1 saturated heterocycles. The maximum atomic E-state index is 13.2. The lowest BCUT2D eigenvalue weighted by atomic mass is 10.1. The van der Waals surface area contributed by atoms with Crippen LogP contribution in [0.1, 0.15) is 28.4 Å². The molecule has 1 fully saturated rings. The van der Waals surface area contributed by atoms with E-state index in [4.69, 9.17) is 32.7 Å². The van der Waals surface area contributed by atoms with Gasteiger partial charge >= 0.3 is 5.97 Å². The highest BCUT2D eigenvalue weighted by molar-refractivity contribution is 8.18. The Labute approximate surface area is 223 Å². The molecule has 6 nitrogen and oxygen atoms in total. The highest BCUT2D eigenvalue weighted by atomic mass is 35.5. The molecule has 9 heteroatoms. The Hall–Kier alpha value is -3.26. The van der Waals surface area contributed by atoms with E-state index in [1.54, 1.807) is 59.5 Å². The maximum Gasteiger partial charge on any atom is 0.337 e. The molecule has 3 aromatic rings. The number of methoxy groups -OCH3 is 1. The summed E-state index contributed by atoms with van der Waals surface area (Å²) in [5, 5.41) is 1.67. The van der Waals surface area contributed by atoms with Gasteiger partial charge in [-0.15, -0.1) is 0 Å². The lowest BCUT2D eigenvalue weighted by Crippen LogP contribution is -2.28. The predicted molar refractivity (Wildman–Crippen MR) is 145 cm³/mol. The second kappa shape index (κ2) is 11.6. The fourth-order valence-electron chi connectivity index (χ4n) is 3.49.